The first-order valence-corrected chi connectivity index (χ1v) is 6.47. The molecular weight excluding hydrogens is 281 g/mol. The van der Waals surface area contributed by atoms with Crippen LogP contribution in [0.25, 0.3) is 0 Å². The molecule has 0 aliphatic carbocycles. The van der Waals surface area contributed by atoms with Crippen molar-refractivity contribution < 1.29 is 4.74 Å². The Morgan fingerprint density at radius 1 is 1.05 bits per heavy atom. The molecule has 0 amide bonds. The summed E-state index contributed by atoms with van der Waals surface area (Å²) in [5, 5.41) is 9.73. The van der Waals surface area contributed by atoms with Crippen LogP contribution in [0.4, 0.5) is 0 Å². The SMILES string of the molecule is N#CCc1cccc(COc2ccc(Cl)cc2Cl)c1. The average molecular weight is 292 g/mol. The summed E-state index contributed by atoms with van der Waals surface area (Å²) in [7, 11) is 0. The second kappa shape index (κ2) is 6.47. The maximum absolute atomic E-state index is 8.67. The van der Waals surface area contributed by atoms with Crippen molar-refractivity contribution in [2.75, 3.05) is 0 Å². The Morgan fingerprint density at radius 3 is 2.58 bits per heavy atom. The van der Waals surface area contributed by atoms with Crippen molar-refractivity contribution in [3.05, 3.63) is 63.6 Å². The fourth-order valence-electron chi connectivity index (χ4n) is 1.67. The first-order chi connectivity index (χ1) is 9.19. The molecule has 0 aliphatic heterocycles. The van der Waals surface area contributed by atoms with E-state index < -0.39 is 0 Å². The Bertz CT molecular complexity index is 620. The lowest BCUT2D eigenvalue weighted by Crippen LogP contribution is -1.97. The lowest BCUT2D eigenvalue weighted by molar-refractivity contribution is 0.306. The minimum Gasteiger partial charge on any atom is -0.487 e. The summed E-state index contributed by atoms with van der Waals surface area (Å²) in [5.74, 6) is 0.594. The number of benzene rings is 2. The molecular formula is C15H11Cl2NO. The van der Waals surface area contributed by atoms with E-state index in [1.807, 2.05) is 24.3 Å². The van der Waals surface area contributed by atoms with Gasteiger partial charge in [0, 0.05) is 5.02 Å². The molecule has 0 aromatic heterocycles. The van der Waals surface area contributed by atoms with Gasteiger partial charge in [-0.3, -0.25) is 0 Å². The van der Waals surface area contributed by atoms with Crippen molar-refractivity contribution in [1.29, 1.82) is 5.26 Å². The van der Waals surface area contributed by atoms with Crippen LogP contribution >= 0.6 is 23.2 Å². The first-order valence-electron chi connectivity index (χ1n) is 5.71. The van der Waals surface area contributed by atoms with Gasteiger partial charge >= 0.3 is 0 Å². The molecule has 0 atom stereocenters. The highest BCUT2D eigenvalue weighted by Gasteiger charge is 2.03. The van der Waals surface area contributed by atoms with Crippen LogP contribution in [0.3, 0.4) is 0 Å². The minimum atomic E-state index is 0.398. The van der Waals surface area contributed by atoms with Crippen molar-refractivity contribution in [1.82, 2.24) is 0 Å². The van der Waals surface area contributed by atoms with Gasteiger partial charge in [0.05, 0.1) is 17.5 Å². The minimum absolute atomic E-state index is 0.398. The third kappa shape index (κ3) is 3.89. The molecule has 0 spiro atoms. The van der Waals surface area contributed by atoms with Crippen molar-refractivity contribution in [2.24, 2.45) is 0 Å². The largest absolute Gasteiger partial charge is 0.487 e. The predicted molar refractivity (Wildman–Crippen MR) is 76.6 cm³/mol. The number of halogens is 2. The van der Waals surface area contributed by atoms with Crippen molar-refractivity contribution in [3.63, 3.8) is 0 Å². The van der Waals surface area contributed by atoms with Gasteiger partial charge in [0.25, 0.3) is 0 Å². The molecule has 2 aromatic carbocycles. The standard InChI is InChI=1S/C15H11Cl2NO/c16-13-4-5-15(14(17)9-13)19-10-12-3-1-2-11(8-12)6-7-18/h1-5,8-9H,6,10H2. The Labute approximate surface area is 122 Å². The zero-order valence-electron chi connectivity index (χ0n) is 10.1. The van der Waals surface area contributed by atoms with Crippen LogP contribution in [0.1, 0.15) is 11.1 Å². The van der Waals surface area contributed by atoms with Gasteiger partial charge in [-0.15, -0.1) is 0 Å². The molecule has 0 unspecified atom stereocenters. The molecule has 0 saturated carbocycles. The zero-order chi connectivity index (χ0) is 13.7. The maximum Gasteiger partial charge on any atom is 0.138 e. The van der Waals surface area contributed by atoms with E-state index in [1.165, 1.54) is 0 Å². The van der Waals surface area contributed by atoms with E-state index in [0.717, 1.165) is 11.1 Å². The third-order valence-corrected chi connectivity index (χ3v) is 3.09. The molecule has 0 aliphatic rings. The smallest absolute Gasteiger partial charge is 0.138 e. The van der Waals surface area contributed by atoms with Crippen LogP contribution in [-0.4, -0.2) is 0 Å². The average Bonchev–Trinajstić information content (AvgIpc) is 2.38. The summed E-state index contributed by atoms with van der Waals surface area (Å²) in [4.78, 5) is 0. The zero-order valence-corrected chi connectivity index (χ0v) is 11.6. The quantitative estimate of drug-likeness (QED) is 0.822. The number of ether oxygens (including phenoxy) is 1. The van der Waals surface area contributed by atoms with E-state index >= 15 is 0 Å². The van der Waals surface area contributed by atoms with Crippen LogP contribution in [0.5, 0.6) is 5.75 Å². The molecule has 0 bridgehead atoms. The van der Waals surface area contributed by atoms with Crippen LogP contribution in [0, 0.1) is 11.3 Å². The lowest BCUT2D eigenvalue weighted by atomic mass is 10.1. The summed E-state index contributed by atoms with van der Waals surface area (Å²) in [6.07, 6.45) is 0.398. The number of nitriles is 1. The normalized spacial score (nSPS) is 9.95. The number of nitrogens with zero attached hydrogens (tertiary/aromatic N) is 1. The second-order valence-electron chi connectivity index (χ2n) is 4.02. The van der Waals surface area contributed by atoms with Gasteiger partial charge in [-0.05, 0) is 29.3 Å². The molecule has 4 heteroatoms. The van der Waals surface area contributed by atoms with E-state index in [1.54, 1.807) is 18.2 Å². The molecule has 0 fully saturated rings. The Kier molecular flexibility index (Phi) is 4.68. The Morgan fingerprint density at radius 2 is 1.84 bits per heavy atom. The van der Waals surface area contributed by atoms with Crippen molar-refractivity contribution >= 4 is 23.2 Å². The highest BCUT2D eigenvalue weighted by atomic mass is 35.5. The molecule has 2 rings (SSSR count). The van der Waals surface area contributed by atoms with Gasteiger partial charge in [0.1, 0.15) is 12.4 Å². The summed E-state index contributed by atoms with van der Waals surface area (Å²) >= 11 is 11.8. The highest BCUT2D eigenvalue weighted by Crippen LogP contribution is 2.28. The fourth-order valence-corrected chi connectivity index (χ4v) is 2.14. The van der Waals surface area contributed by atoms with E-state index in [9.17, 15) is 0 Å². The Balaban J connectivity index is 2.06. The molecule has 19 heavy (non-hydrogen) atoms. The molecule has 0 radical (unpaired) electrons. The number of rotatable bonds is 4. The summed E-state index contributed by atoms with van der Waals surface area (Å²) in [6.45, 7) is 0.403. The molecule has 0 saturated heterocycles. The van der Waals surface area contributed by atoms with E-state index in [-0.39, 0.29) is 0 Å². The van der Waals surface area contributed by atoms with Gasteiger partial charge in [0.2, 0.25) is 0 Å². The number of hydrogen-bond donors (Lipinski definition) is 0. The summed E-state index contributed by atoms with van der Waals surface area (Å²) in [5.41, 5.74) is 1.98. The van der Waals surface area contributed by atoms with Gasteiger partial charge in [0.15, 0.2) is 0 Å². The van der Waals surface area contributed by atoms with Gasteiger partial charge in [-0.1, -0.05) is 47.5 Å². The monoisotopic (exact) mass is 291 g/mol. The van der Waals surface area contributed by atoms with Crippen LogP contribution in [0.2, 0.25) is 10.0 Å². The van der Waals surface area contributed by atoms with Crippen LogP contribution in [0.15, 0.2) is 42.5 Å². The van der Waals surface area contributed by atoms with Gasteiger partial charge in [-0.25, -0.2) is 0 Å². The molecule has 96 valence electrons. The van der Waals surface area contributed by atoms with E-state index in [4.69, 9.17) is 33.2 Å². The lowest BCUT2D eigenvalue weighted by Gasteiger charge is -2.09. The van der Waals surface area contributed by atoms with Crippen LogP contribution < -0.4 is 4.74 Å². The van der Waals surface area contributed by atoms with E-state index in [2.05, 4.69) is 6.07 Å². The highest BCUT2D eigenvalue weighted by molar-refractivity contribution is 6.35. The first kappa shape index (κ1) is 13.7. The molecule has 0 heterocycles. The van der Waals surface area contributed by atoms with Gasteiger partial charge in [-0.2, -0.15) is 5.26 Å². The molecule has 0 N–H and O–H groups in total. The van der Waals surface area contributed by atoms with Crippen molar-refractivity contribution in [3.8, 4) is 11.8 Å². The third-order valence-electron chi connectivity index (χ3n) is 2.56. The van der Waals surface area contributed by atoms with Crippen LogP contribution in [-0.2, 0) is 13.0 Å². The predicted octanol–water partition coefficient (Wildman–Crippen LogP) is 4.64. The van der Waals surface area contributed by atoms with E-state index in [0.29, 0.717) is 28.8 Å². The summed E-state index contributed by atoms with van der Waals surface area (Å²) < 4.78 is 5.64. The second-order valence-corrected chi connectivity index (χ2v) is 4.86. The fraction of sp³-hybridized carbons (Fsp3) is 0.133. The number of hydrogen-bond acceptors (Lipinski definition) is 2. The Hall–Kier alpha value is -1.69. The molecule has 2 nitrogen and oxygen atoms in total. The van der Waals surface area contributed by atoms with Crippen molar-refractivity contribution in [2.45, 2.75) is 13.0 Å². The molecule has 2 aromatic rings. The maximum atomic E-state index is 8.67. The van der Waals surface area contributed by atoms with Gasteiger partial charge < -0.3 is 4.74 Å². The topological polar surface area (TPSA) is 33.0 Å². The summed E-state index contributed by atoms with van der Waals surface area (Å²) in [6, 6.07) is 15.0.